The zero-order valence-corrected chi connectivity index (χ0v) is 18.3. The lowest BCUT2D eigenvalue weighted by Crippen LogP contribution is -2.23. The van der Waals surface area contributed by atoms with Crippen molar-refractivity contribution in [3.05, 3.63) is 96.9 Å². The van der Waals surface area contributed by atoms with Gasteiger partial charge in [0, 0.05) is 10.4 Å². The smallest absolute Gasteiger partial charge is 0.282 e. The van der Waals surface area contributed by atoms with E-state index in [4.69, 9.17) is 11.6 Å². The van der Waals surface area contributed by atoms with Crippen LogP contribution in [0.15, 0.2) is 53.3 Å². The predicted octanol–water partition coefficient (Wildman–Crippen LogP) is 5.83. The molecule has 4 nitrogen and oxygen atoms in total. The summed E-state index contributed by atoms with van der Waals surface area (Å²) in [5.41, 5.74) is 4.03. The molecule has 6 rings (SSSR count). The van der Waals surface area contributed by atoms with E-state index in [0.29, 0.717) is 28.5 Å². The summed E-state index contributed by atoms with van der Waals surface area (Å²) in [6.45, 7) is 0.619. The number of rotatable bonds is 1. The van der Waals surface area contributed by atoms with Gasteiger partial charge in [-0.1, -0.05) is 48.0 Å². The quantitative estimate of drug-likeness (QED) is 0.330. The zero-order chi connectivity index (χ0) is 21.1. The van der Waals surface area contributed by atoms with E-state index in [-0.39, 0.29) is 11.3 Å². The maximum Gasteiger partial charge on any atom is 0.282 e. The highest BCUT2D eigenvalue weighted by atomic mass is 35.5. The van der Waals surface area contributed by atoms with E-state index in [2.05, 4.69) is 15.6 Å². The fourth-order valence-electron chi connectivity index (χ4n) is 4.82. The molecule has 0 atom stereocenters. The van der Waals surface area contributed by atoms with E-state index in [1.807, 2.05) is 30.3 Å². The Hall–Kier alpha value is -2.89. The summed E-state index contributed by atoms with van der Waals surface area (Å²) in [6, 6.07) is 15.2. The van der Waals surface area contributed by atoms with Crippen molar-refractivity contribution in [3.8, 4) is 0 Å². The summed E-state index contributed by atoms with van der Waals surface area (Å²) in [5.74, 6) is 0.547. The summed E-state index contributed by atoms with van der Waals surface area (Å²) in [4.78, 5) is 20.0. The molecule has 0 amide bonds. The molecule has 1 aliphatic carbocycles. The zero-order valence-electron chi connectivity index (χ0n) is 16.7. The summed E-state index contributed by atoms with van der Waals surface area (Å²) < 4.78 is 2.10. The number of aromatic nitrogens is 2. The number of benzene rings is 2. The van der Waals surface area contributed by atoms with Crippen LogP contribution in [0.2, 0.25) is 5.02 Å². The van der Waals surface area contributed by atoms with Gasteiger partial charge in [-0.2, -0.15) is 4.98 Å². The van der Waals surface area contributed by atoms with Crippen LogP contribution < -0.4 is 5.56 Å². The van der Waals surface area contributed by atoms with Crippen LogP contribution in [0.5, 0.6) is 0 Å². The van der Waals surface area contributed by atoms with Gasteiger partial charge in [-0.05, 0) is 54.5 Å². The third kappa shape index (κ3) is 2.80. The molecule has 1 aliphatic heterocycles. The van der Waals surface area contributed by atoms with Gasteiger partial charge in [0.15, 0.2) is 0 Å². The van der Waals surface area contributed by atoms with Gasteiger partial charge in [0.1, 0.15) is 16.4 Å². The second-order valence-electron chi connectivity index (χ2n) is 8.08. The van der Waals surface area contributed by atoms with Crippen molar-refractivity contribution in [2.45, 2.75) is 32.2 Å². The number of thiophene rings is 1. The van der Waals surface area contributed by atoms with Crippen molar-refractivity contribution < 1.29 is 5.11 Å². The predicted molar refractivity (Wildman–Crippen MR) is 126 cm³/mol. The molecule has 6 heteroatoms. The van der Waals surface area contributed by atoms with Gasteiger partial charge in [-0.25, -0.2) is 0 Å². The Morgan fingerprint density at radius 2 is 1.84 bits per heavy atom. The summed E-state index contributed by atoms with van der Waals surface area (Å²) in [5, 5.41) is 12.6. The Balaban J connectivity index is 1.72. The van der Waals surface area contributed by atoms with Gasteiger partial charge in [-0.3, -0.25) is 4.79 Å². The number of hydrogen-bond acceptors (Lipinski definition) is 4. The minimum absolute atomic E-state index is 0.0408. The summed E-state index contributed by atoms with van der Waals surface area (Å²) in [6.07, 6.45) is 4.24. The fraction of sp³-hybridized carbons (Fsp3) is 0.200. The first-order valence-electron chi connectivity index (χ1n) is 10.5. The highest BCUT2D eigenvalue weighted by Gasteiger charge is 2.30. The largest absolute Gasteiger partial charge is 0.506 e. The molecule has 0 spiro atoms. The molecule has 2 aromatic carbocycles. The number of aliphatic hydroxyl groups excluding tert-OH is 1. The maximum absolute atomic E-state index is 13.2. The highest BCUT2D eigenvalue weighted by molar-refractivity contribution is 7.18. The number of hydrogen-bond donors (Lipinski definition) is 1. The minimum Gasteiger partial charge on any atom is -0.506 e. The Labute approximate surface area is 188 Å². The van der Waals surface area contributed by atoms with Gasteiger partial charge in [0.25, 0.3) is 5.56 Å². The lowest BCUT2D eigenvalue weighted by atomic mass is 9.92. The summed E-state index contributed by atoms with van der Waals surface area (Å²) in [7, 11) is 0. The molecule has 2 aromatic heterocycles. The van der Waals surface area contributed by atoms with Crippen LogP contribution in [0, 0.1) is 0 Å². The molecule has 0 unspecified atom stereocenters. The SMILES string of the molecule is O=c1nc2n(c3sc4c(c13)CCCC4)Cc1ccccc1C2=C(O)c1ccccc1Cl. The third-order valence-electron chi connectivity index (χ3n) is 6.28. The molecule has 2 aliphatic rings. The first-order valence-corrected chi connectivity index (χ1v) is 11.6. The van der Waals surface area contributed by atoms with Gasteiger partial charge in [-0.15, -0.1) is 11.3 Å². The Bertz CT molecular complexity index is 1460. The van der Waals surface area contributed by atoms with Crippen LogP contribution in [0.3, 0.4) is 0 Å². The molecule has 0 bridgehead atoms. The number of fused-ring (bicyclic) bond motifs is 6. The normalized spacial score (nSPS) is 16.5. The number of aliphatic hydroxyl groups is 1. The van der Waals surface area contributed by atoms with E-state index >= 15 is 0 Å². The molecule has 154 valence electrons. The Morgan fingerprint density at radius 1 is 1.06 bits per heavy atom. The molecule has 3 heterocycles. The van der Waals surface area contributed by atoms with E-state index in [0.717, 1.165) is 47.0 Å². The van der Waals surface area contributed by atoms with Crippen molar-refractivity contribution >= 4 is 44.5 Å². The average Bonchev–Trinajstić information content (AvgIpc) is 3.18. The molecule has 0 fully saturated rings. The van der Waals surface area contributed by atoms with Crippen molar-refractivity contribution in [2.75, 3.05) is 0 Å². The van der Waals surface area contributed by atoms with E-state index < -0.39 is 0 Å². The second-order valence-corrected chi connectivity index (χ2v) is 9.57. The first kappa shape index (κ1) is 18.8. The van der Waals surface area contributed by atoms with Crippen LogP contribution in [0.1, 0.15) is 45.8 Å². The lowest BCUT2D eigenvalue weighted by Gasteiger charge is -2.25. The van der Waals surface area contributed by atoms with E-state index in [1.165, 1.54) is 10.4 Å². The fourth-order valence-corrected chi connectivity index (χ4v) is 6.43. The van der Waals surface area contributed by atoms with Gasteiger partial charge < -0.3 is 9.67 Å². The molecule has 0 saturated carbocycles. The van der Waals surface area contributed by atoms with Crippen molar-refractivity contribution in [2.24, 2.45) is 0 Å². The van der Waals surface area contributed by atoms with Gasteiger partial charge in [0.2, 0.25) is 0 Å². The maximum atomic E-state index is 13.2. The van der Waals surface area contributed by atoms with E-state index in [9.17, 15) is 9.90 Å². The van der Waals surface area contributed by atoms with Crippen molar-refractivity contribution in [1.82, 2.24) is 9.55 Å². The van der Waals surface area contributed by atoms with Crippen LogP contribution >= 0.6 is 22.9 Å². The second kappa shape index (κ2) is 7.08. The average molecular weight is 447 g/mol. The van der Waals surface area contributed by atoms with Crippen LogP contribution in [0.25, 0.3) is 21.5 Å². The van der Waals surface area contributed by atoms with Crippen molar-refractivity contribution in [3.63, 3.8) is 0 Å². The third-order valence-corrected chi connectivity index (χ3v) is 7.92. The number of nitrogens with zero attached hydrogens (tertiary/aromatic N) is 2. The van der Waals surface area contributed by atoms with Crippen LogP contribution in [-0.2, 0) is 19.4 Å². The lowest BCUT2D eigenvalue weighted by molar-refractivity contribution is 0.512. The summed E-state index contributed by atoms with van der Waals surface area (Å²) >= 11 is 8.12. The van der Waals surface area contributed by atoms with Crippen LogP contribution in [-0.4, -0.2) is 14.7 Å². The molecule has 0 saturated heterocycles. The van der Waals surface area contributed by atoms with E-state index in [1.54, 1.807) is 23.5 Å². The Morgan fingerprint density at radius 3 is 2.71 bits per heavy atom. The van der Waals surface area contributed by atoms with Gasteiger partial charge in [0.05, 0.1) is 22.5 Å². The molecule has 1 N–H and O–H groups in total. The Kier molecular flexibility index (Phi) is 4.30. The number of halogens is 1. The van der Waals surface area contributed by atoms with Crippen LogP contribution in [0.4, 0.5) is 0 Å². The molecular weight excluding hydrogens is 428 g/mol. The molecule has 4 aromatic rings. The van der Waals surface area contributed by atoms with Crippen molar-refractivity contribution in [1.29, 1.82) is 0 Å². The number of aryl methyl sites for hydroxylation is 2. The topological polar surface area (TPSA) is 55.1 Å². The minimum atomic E-state index is -0.204. The molecule has 31 heavy (non-hydrogen) atoms. The van der Waals surface area contributed by atoms with Gasteiger partial charge >= 0.3 is 0 Å². The molecular formula is C25H19ClN2O2S. The monoisotopic (exact) mass is 446 g/mol. The first-order chi connectivity index (χ1) is 15.1. The highest BCUT2D eigenvalue weighted by Crippen LogP contribution is 2.41. The molecule has 0 radical (unpaired) electrons. The standard InChI is InChI=1S/C25H19ClN2O2S/c26-18-11-5-3-9-16(18)22(29)20-15-8-2-1-7-14(15)13-28-23(20)27-24(30)21-17-10-4-6-12-19(17)31-25(21)28/h1-3,5,7-9,11,29H,4,6,10,12-13H2.